The molecule has 1 aliphatic carbocycles. The first-order valence-corrected chi connectivity index (χ1v) is 29.5. The lowest BCUT2D eigenvalue weighted by molar-refractivity contribution is -0.265. The van der Waals surface area contributed by atoms with Crippen LogP contribution in [0.25, 0.3) is 0 Å². The summed E-state index contributed by atoms with van der Waals surface area (Å²) >= 11 is 0. The molecule has 3 heterocycles. The summed E-state index contributed by atoms with van der Waals surface area (Å²) in [6.07, 6.45) is 9.62. The lowest BCUT2D eigenvalue weighted by Crippen LogP contribution is -2.61. The number of rotatable bonds is 19. The zero-order valence-electron chi connectivity index (χ0n) is 50.4. The summed E-state index contributed by atoms with van der Waals surface area (Å²) in [5.41, 5.74) is 1.23. The third kappa shape index (κ3) is 21.9. The Morgan fingerprint density at radius 3 is 2.10 bits per heavy atom. The fourth-order valence-electron chi connectivity index (χ4n) is 11.5. The number of piperidine rings is 1. The van der Waals surface area contributed by atoms with Crippen LogP contribution in [0.15, 0.2) is 47.6 Å². The Labute approximate surface area is 481 Å². The molecule has 1 saturated carbocycles. The number of aliphatic hydroxyl groups excluding tert-OH is 2. The number of nitrogens with zero attached hydrogens (tertiary/aromatic N) is 1. The molecule has 4 N–H and O–H groups in total. The van der Waals surface area contributed by atoms with E-state index in [1.54, 1.807) is 48.2 Å². The van der Waals surface area contributed by atoms with Crippen molar-refractivity contribution in [3.05, 3.63) is 47.6 Å². The van der Waals surface area contributed by atoms with Crippen LogP contribution in [-0.4, -0.2) is 198 Å². The van der Waals surface area contributed by atoms with Crippen LogP contribution in [-0.2, 0) is 66.5 Å². The molecule has 462 valence electrons. The Kier molecular flexibility index (Phi) is 30.9. The Morgan fingerprint density at radius 1 is 0.753 bits per heavy atom. The molecule has 0 radical (unpaired) electrons. The van der Waals surface area contributed by atoms with Crippen LogP contribution in [0.2, 0.25) is 0 Å². The number of fused-ring (bicyclic) bond motifs is 3. The molecule has 2 amide bonds. The van der Waals surface area contributed by atoms with Crippen molar-refractivity contribution in [1.82, 2.24) is 10.2 Å². The summed E-state index contributed by atoms with van der Waals surface area (Å²) in [6, 6.07) is -1.13. The highest BCUT2D eigenvalue weighted by Crippen LogP contribution is 2.38. The van der Waals surface area contributed by atoms with Gasteiger partial charge in [-0.2, -0.15) is 0 Å². The van der Waals surface area contributed by atoms with Crippen molar-refractivity contribution in [2.45, 2.75) is 186 Å². The van der Waals surface area contributed by atoms with Gasteiger partial charge in [0.15, 0.2) is 5.78 Å². The molecule has 81 heavy (non-hydrogen) atoms. The Morgan fingerprint density at radius 2 is 1.43 bits per heavy atom. The Balaban J connectivity index is 1.55. The second-order valence-electron chi connectivity index (χ2n) is 22.9. The first-order chi connectivity index (χ1) is 38.7. The summed E-state index contributed by atoms with van der Waals surface area (Å²) in [5.74, 6) is -7.73. The number of nitrogens with one attached hydrogen (secondary N) is 1. The van der Waals surface area contributed by atoms with Gasteiger partial charge in [-0.25, -0.2) is 9.59 Å². The van der Waals surface area contributed by atoms with Crippen molar-refractivity contribution in [1.29, 1.82) is 0 Å². The molecule has 4 rings (SSSR count). The smallest absolute Gasteiger partial charge is 0.407 e. The third-order valence-electron chi connectivity index (χ3n) is 16.6. The summed E-state index contributed by atoms with van der Waals surface area (Å²) in [6.45, 7) is 16.1. The van der Waals surface area contributed by atoms with E-state index in [4.69, 9.17) is 47.4 Å². The van der Waals surface area contributed by atoms with Crippen molar-refractivity contribution in [2.75, 3.05) is 87.8 Å². The van der Waals surface area contributed by atoms with Crippen LogP contribution in [0.1, 0.15) is 126 Å². The van der Waals surface area contributed by atoms with E-state index in [9.17, 15) is 39.3 Å². The molecule has 2 saturated heterocycles. The number of ether oxygens (including phenoxy) is 10. The van der Waals surface area contributed by atoms with Gasteiger partial charge in [-0.05, 0) is 107 Å². The van der Waals surface area contributed by atoms with Crippen LogP contribution in [0, 0.1) is 35.5 Å². The third-order valence-corrected chi connectivity index (χ3v) is 16.6. The number of cyclic esters (lactones) is 1. The first-order valence-electron chi connectivity index (χ1n) is 29.5. The molecule has 0 spiro atoms. The molecule has 0 aromatic carbocycles. The highest BCUT2D eigenvalue weighted by molar-refractivity contribution is 6.39. The molecule has 20 nitrogen and oxygen atoms in total. The fourth-order valence-corrected chi connectivity index (χ4v) is 11.5. The van der Waals surface area contributed by atoms with E-state index in [0.717, 1.165) is 5.57 Å². The second kappa shape index (κ2) is 36.0. The van der Waals surface area contributed by atoms with Crippen LogP contribution in [0.3, 0.4) is 0 Å². The number of carbonyl (C=O) groups excluding carboxylic acids is 5. The van der Waals surface area contributed by atoms with Crippen molar-refractivity contribution < 1.29 is 86.7 Å². The number of alkyl carbamates (subject to hydrolysis) is 1. The average Bonchev–Trinajstić information content (AvgIpc) is 3.57. The van der Waals surface area contributed by atoms with Gasteiger partial charge in [-0.3, -0.25) is 14.4 Å². The minimum absolute atomic E-state index is 0.0319. The number of amides is 2. The number of esters is 1. The SMILES string of the molecule is COCCOCCOCCOCCNC(=O)O[C@@H]1CC[C@@H](C[C@@H](C)[C@@H]2C[C@@H](OC)[C@H](C)/C=C(\C)[C@@H](O)[C@@H](O)C(=O)C(C)C[C@H](C)/C=C/C=C/C=C(\C)[C@@H](OC)C[C@@H]3CC[C@@H](C)[C@@](O)(O3)C(=O)C(=O)N3CCCC[C@H]3C(=O)O2)C[C@H]1OC. The van der Waals surface area contributed by atoms with Gasteiger partial charge in [-0.1, -0.05) is 71.1 Å². The molecule has 4 aliphatic rings. The number of hydrogen-bond donors (Lipinski definition) is 4. The maximum atomic E-state index is 14.7. The van der Waals surface area contributed by atoms with Crippen LogP contribution in [0.5, 0.6) is 0 Å². The summed E-state index contributed by atoms with van der Waals surface area (Å²) in [4.78, 5) is 71.3. The number of methoxy groups -OCH3 is 4. The zero-order chi connectivity index (χ0) is 59.6. The second-order valence-corrected chi connectivity index (χ2v) is 22.9. The zero-order valence-corrected chi connectivity index (χ0v) is 50.4. The highest BCUT2D eigenvalue weighted by atomic mass is 16.6. The number of ketones is 2. The van der Waals surface area contributed by atoms with Gasteiger partial charge in [0, 0.05) is 72.1 Å². The molecule has 3 fully saturated rings. The van der Waals surface area contributed by atoms with E-state index in [1.165, 1.54) is 12.0 Å². The van der Waals surface area contributed by atoms with E-state index < -0.39 is 108 Å². The molecular formula is C61H100N2O18. The molecule has 1 unspecified atom stereocenters. The number of Topliss-reactive ketones (excluding diaryl/α,β-unsaturated/α-hetero) is 2. The van der Waals surface area contributed by atoms with Crippen molar-refractivity contribution in [3.8, 4) is 0 Å². The normalized spacial score (nSPS) is 35.6. The van der Waals surface area contributed by atoms with Crippen LogP contribution >= 0.6 is 0 Å². The lowest BCUT2D eigenvalue weighted by atomic mass is 9.78. The highest BCUT2D eigenvalue weighted by Gasteiger charge is 2.53. The molecule has 16 atom stereocenters. The van der Waals surface area contributed by atoms with Crippen molar-refractivity contribution in [2.24, 2.45) is 35.5 Å². The summed E-state index contributed by atoms with van der Waals surface area (Å²) < 4.78 is 57.8. The van der Waals surface area contributed by atoms with Gasteiger partial charge in [0.05, 0.1) is 70.7 Å². The van der Waals surface area contributed by atoms with E-state index in [0.29, 0.717) is 109 Å². The van der Waals surface area contributed by atoms with Gasteiger partial charge in [0.1, 0.15) is 30.5 Å². The molecule has 0 aromatic heterocycles. The van der Waals surface area contributed by atoms with Gasteiger partial charge >= 0.3 is 12.1 Å². The molecular weight excluding hydrogens is 1050 g/mol. The Bertz CT molecular complexity index is 2070. The van der Waals surface area contributed by atoms with Crippen molar-refractivity contribution >= 4 is 29.5 Å². The minimum atomic E-state index is -2.44. The van der Waals surface area contributed by atoms with Gasteiger partial charge in [0.25, 0.3) is 11.7 Å². The molecule has 3 aliphatic heterocycles. The topological polar surface area (TPSA) is 254 Å². The standard InChI is InChI=1S/C61H100N2O18/c1-39-17-13-12-14-18-40(2)50(73-9)37-47-22-20-45(7)61(71,81-47)57(67)58(68)63-25-16-15-19-48(63)59(69)79-52(38-51(74-10)41(3)34-44(6)55(65)56(66)54(64)43(5)33-39)42(4)35-46-21-23-49(53(36-46)75-11)80-60(70)62-24-26-76-29-30-78-32-31-77-28-27-72-8/h12-14,17-18,34,39,41-43,45-53,55-56,65-66,71H,15-16,19-33,35-38H2,1-11H3,(H,62,70)/b14-12+,17-13+,40-18+,44-34+/t39-,41-,42-,43?,45-,46+,47+,48+,49-,50+,51-,52+,53-,55-,56+,61-/m1/s1. The predicted octanol–water partition coefficient (Wildman–Crippen LogP) is 6.40. The number of aliphatic hydroxyl groups is 3. The minimum Gasteiger partial charge on any atom is -0.460 e. The maximum absolute atomic E-state index is 14.7. The monoisotopic (exact) mass is 1150 g/mol. The van der Waals surface area contributed by atoms with E-state index in [1.807, 2.05) is 58.1 Å². The van der Waals surface area contributed by atoms with Gasteiger partial charge in [0.2, 0.25) is 5.79 Å². The quantitative estimate of drug-likeness (QED) is 0.0472. The van der Waals surface area contributed by atoms with E-state index in [2.05, 4.69) is 5.32 Å². The summed E-state index contributed by atoms with van der Waals surface area (Å²) in [5, 5.41) is 37.4. The molecule has 20 heteroatoms. The molecule has 0 aromatic rings. The van der Waals surface area contributed by atoms with E-state index >= 15 is 0 Å². The predicted molar refractivity (Wildman–Crippen MR) is 303 cm³/mol. The van der Waals surface area contributed by atoms with Gasteiger partial charge in [-0.15, -0.1) is 0 Å². The van der Waals surface area contributed by atoms with E-state index in [-0.39, 0.29) is 50.3 Å². The number of allylic oxidation sites excluding steroid dienone is 5. The largest absolute Gasteiger partial charge is 0.460 e. The summed E-state index contributed by atoms with van der Waals surface area (Å²) in [7, 11) is 6.31. The Hall–Kier alpha value is -3.93. The first kappa shape index (κ1) is 69.6. The lowest BCUT2D eigenvalue weighted by Gasteiger charge is -2.43. The number of hydrogen-bond acceptors (Lipinski definition) is 18. The fraction of sp³-hybridized carbons (Fsp3) is 0.787. The average molecular weight is 1150 g/mol. The van der Waals surface area contributed by atoms with Crippen LogP contribution in [0.4, 0.5) is 4.79 Å². The van der Waals surface area contributed by atoms with Crippen molar-refractivity contribution in [3.63, 3.8) is 0 Å². The molecule has 2 bridgehead atoms. The number of carbonyl (C=O) groups is 5. The van der Waals surface area contributed by atoms with Gasteiger partial charge < -0.3 is 72.9 Å². The maximum Gasteiger partial charge on any atom is 0.407 e. The van der Waals surface area contributed by atoms with Crippen LogP contribution < -0.4 is 5.32 Å².